The number of carbonyl (C=O) groups excluding carboxylic acids is 1. The van der Waals surface area contributed by atoms with E-state index in [0.717, 1.165) is 5.56 Å². The van der Waals surface area contributed by atoms with Crippen molar-refractivity contribution >= 4 is 11.9 Å². The molecule has 0 aromatic heterocycles. The molecule has 0 saturated carbocycles. The van der Waals surface area contributed by atoms with Crippen molar-refractivity contribution in [3.05, 3.63) is 35.9 Å². The molecule has 5 nitrogen and oxygen atoms in total. The Labute approximate surface area is 118 Å². The average molecular weight is 276 g/mol. The largest absolute Gasteiger partial charge is 0.481 e. The number of aliphatic carboxylic acids is 1. The standard InChI is InChI=1S/C15H20N2O3/c1-15(14(19)20)7-8-17(10-15)13(18)12(16)9-11-5-3-2-4-6-11/h2-6,12H,7-10,16H2,1H3,(H,19,20)/t12-,15?/m0/s1. The van der Waals surface area contributed by atoms with Crippen molar-refractivity contribution in [2.24, 2.45) is 11.1 Å². The summed E-state index contributed by atoms with van der Waals surface area (Å²) in [5, 5.41) is 9.18. The van der Waals surface area contributed by atoms with E-state index in [1.807, 2.05) is 30.3 Å². The SMILES string of the molecule is CC1(C(=O)O)CCN(C(=O)[C@@H](N)Cc2ccccc2)C1. The van der Waals surface area contributed by atoms with Gasteiger partial charge < -0.3 is 15.7 Å². The van der Waals surface area contributed by atoms with Gasteiger partial charge in [0.15, 0.2) is 0 Å². The van der Waals surface area contributed by atoms with Crippen LogP contribution in [0.1, 0.15) is 18.9 Å². The number of hydrogen-bond acceptors (Lipinski definition) is 3. The lowest BCUT2D eigenvalue weighted by Gasteiger charge is -2.23. The number of carboxylic acid groups (broad SMARTS) is 1. The van der Waals surface area contributed by atoms with Gasteiger partial charge in [-0.2, -0.15) is 0 Å². The van der Waals surface area contributed by atoms with Crippen molar-refractivity contribution in [3.63, 3.8) is 0 Å². The smallest absolute Gasteiger partial charge is 0.311 e. The molecule has 0 radical (unpaired) electrons. The number of nitrogens with two attached hydrogens (primary N) is 1. The summed E-state index contributed by atoms with van der Waals surface area (Å²) in [5.74, 6) is -1.02. The third-order valence-corrected chi connectivity index (χ3v) is 3.92. The Kier molecular flexibility index (Phi) is 4.09. The molecule has 0 spiro atoms. The van der Waals surface area contributed by atoms with E-state index in [9.17, 15) is 14.7 Å². The molecule has 1 unspecified atom stereocenters. The molecule has 108 valence electrons. The zero-order valence-corrected chi connectivity index (χ0v) is 11.6. The third kappa shape index (κ3) is 2.99. The molecule has 0 aliphatic carbocycles. The van der Waals surface area contributed by atoms with Crippen molar-refractivity contribution in [2.75, 3.05) is 13.1 Å². The van der Waals surface area contributed by atoms with E-state index >= 15 is 0 Å². The Balaban J connectivity index is 1.97. The average Bonchev–Trinajstić information content (AvgIpc) is 2.83. The molecule has 1 saturated heterocycles. The lowest BCUT2D eigenvalue weighted by Crippen LogP contribution is -2.45. The number of carboxylic acids is 1. The summed E-state index contributed by atoms with van der Waals surface area (Å²) in [4.78, 5) is 25.0. The predicted molar refractivity (Wildman–Crippen MR) is 75.1 cm³/mol. The molecule has 1 aromatic carbocycles. The van der Waals surface area contributed by atoms with E-state index in [0.29, 0.717) is 19.4 Å². The second-order valence-corrected chi connectivity index (χ2v) is 5.67. The zero-order chi connectivity index (χ0) is 14.8. The first-order valence-electron chi connectivity index (χ1n) is 6.74. The number of rotatable bonds is 4. The molecule has 3 N–H and O–H groups in total. The maximum absolute atomic E-state index is 12.3. The van der Waals surface area contributed by atoms with Crippen molar-refractivity contribution in [1.29, 1.82) is 0 Å². The van der Waals surface area contributed by atoms with Gasteiger partial charge >= 0.3 is 5.97 Å². The first kappa shape index (κ1) is 14.5. The summed E-state index contributed by atoms with van der Waals surface area (Å²) in [6, 6.07) is 8.97. The highest BCUT2D eigenvalue weighted by Gasteiger charge is 2.42. The summed E-state index contributed by atoms with van der Waals surface area (Å²) in [7, 11) is 0. The highest BCUT2D eigenvalue weighted by molar-refractivity contribution is 5.84. The molecule has 5 heteroatoms. The normalized spacial score (nSPS) is 23.6. The Morgan fingerprint density at radius 1 is 1.40 bits per heavy atom. The fourth-order valence-electron chi connectivity index (χ4n) is 2.51. The van der Waals surface area contributed by atoms with Crippen LogP contribution in [0.3, 0.4) is 0 Å². The molecular formula is C15H20N2O3. The van der Waals surface area contributed by atoms with E-state index in [2.05, 4.69) is 0 Å². The number of amides is 1. The second-order valence-electron chi connectivity index (χ2n) is 5.67. The predicted octanol–water partition coefficient (Wildman–Crippen LogP) is 0.880. The van der Waals surface area contributed by atoms with Crippen LogP contribution in [0.5, 0.6) is 0 Å². The van der Waals surface area contributed by atoms with Crippen molar-refractivity contribution in [3.8, 4) is 0 Å². The summed E-state index contributed by atoms with van der Waals surface area (Å²) in [6.07, 6.45) is 0.950. The van der Waals surface area contributed by atoms with E-state index < -0.39 is 17.4 Å². The van der Waals surface area contributed by atoms with Gasteiger partial charge in [-0.3, -0.25) is 9.59 Å². The number of likely N-dealkylation sites (tertiary alicyclic amines) is 1. The number of benzene rings is 1. The minimum atomic E-state index is -0.857. The van der Waals surface area contributed by atoms with Crippen LogP contribution in [-0.4, -0.2) is 41.0 Å². The topological polar surface area (TPSA) is 83.6 Å². The van der Waals surface area contributed by atoms with Gasteiger partial charge in [0.25, 0.3) is 0 Å². The molecule has 2 atom stereocenters. The monoisotopic (exact) mass is 276 g/mol. The fourth-order valence-corrected chi connectivity index (χ4v) is 2.51. The molecule has 1 aliphatic rings. The van der Waals surface area contributed by atoms with Gasteiger partial charge in [-0.25, -0.2) is 0 Å². The van der Waals surface area contributed by atoms with Crippen molar-refractivity contribution in [2.45, 2.75) is 25.8 Å². The number of carbonyl (C=O) groups is 2. The Morgan fingerprint density at radius 3 is 2.60 bits per heavy atom. The van der Waals surface area contributed by atoms with Crippen LogP contribution in [-0.2, 0) is 16.0 Å². The van der Waals surface area contributed by atoms with Crippen LogP contribution in [0.2, 0.25) is 0 Å². The van der Waals surface area contributed by atoms with E-state index in [4.69, 9.17) is 5.73 Å². The van der Waals surface area contributed by atoms with E-state index in [-0.39, 0.29) is 12.5 Å². The molecule has 20 heavy (non-hydrogen) atoms. The van der Waals surface area contributed by atoms with Crippen molar-refractivity contribution in [1.82, 2.24) is 4.90 Å². The minimum absolute atomic E-state index is 0.168. The molecule has 0 bridgehead atoms. The first-order valence-corrected chi connectivity index (χ1v) is 6.74. The summed E-state index contributed by atoms with van der Waals surface area (Å²) in [6.45, 7) is 2.37. The quantitative estimate of drug-likeness (QED) is 0.855. The summed E-state index contributed by atoms with van der Waals surface area (Å²) < 4.78 is 0. The van der Waals surface area contributed by atoms with Gasteiger partial charge in [-0.1, -0.05) is 30.3 Å². The number of nitrogens with zero attached hydrogens (tertiary/aromatic N) is 1. The molecule has 2 rings (SSSR count). The van der Waals surface area contributed by atoms with Gasteiger partial charge in [-0.05, 0) is 25.3 Å². The maximum atomic E-state index is 12.3. The van der Waals surface area contributed by atoms with Crippen LogP contribution in [0.15, 0.2) is 30.3 Å². The summed E-state index contributed by atoms with van der Waals surface area (Å²) in [5.41, 5.74) is 6.12. The van der Waals surface area contributed by atoms with Crippen LogP contribution in [0.4, 0.5) is 0 Å². The molecule has 1 aromatic rings. The second kappa shape index (κ2) is 5.63. The van der Waals surface area contributed by atoms with Gasteiger partial charge in [0.2, 0.25) is 5.91 Å². The Morgan fingerprint density at radius 2 is 2.05 bits per heavy atom. The zero-order valence-electron chi connectivity index (χ0n) is 11.6. The molecule has 1 fully saturated rings. The van der Waals surface area contributed by atoms with Crippen LogP contribution in [0.25, 0.3) is 0 Å². The Bertz CT molecular complexity index is 503. The van der Waals surface area contributed by atoms with Crippen LogP contribution >= 0.6 is 0 Å². The lowest BCUT2D eigenvalue weighted by atomic mass is 9.90. The van der Waals surface area contributed by atoms with Crippen molar-refractivity contribution < 1.29 is 14.7 Å². The highest BCUT2D eigenvalue weighted by Crippen LogP contribution is 2.30. The van der Waals surface area contributed by atoms with Gasteiger partial charge in [-0.15, -0.1) is 0 Å². The van der Waals surface area contributed by atoms with Gasteiger partial charge in [0.05, 0.1) is 11.5 Å². The molecule has 1 aliphatic heterocycles. The Hall–Kier alpha value is -1.88. The minimum Gasteiger partial charge on any atom is -0.481 e. The lowest BCUT2D eigenvalue weighted by molar-refractivity contribution is -0.147. The van der Waals surface area contributed by atoms with Crippen LogP contribution in [0, 0.1) is 5.41 Å². The van der Waals surface area contributed by atoms with Crippen LogP contribution < -0.4 is 5.73 Å². The maximum Gasteiger partial charge on any atom is 0.311 e. The van der Waals surface area contributed by atoms with Gasteiger partial charge in [0, 0.05) is 13.1 Å². The summed E-state index contributed by atoms with van der Waals surface area (Å²) >= 11 is 0. The first-order chi connectivity index (χ1) is 9.42. The van der Waals surface area contributed by atoms with E-state index in [1.54, 1.807) is 11.8 Å². The molecular weight excluding hydrogens is 256 g/mol. The third-order valence-electron chi connectivity index (χ3n) is 3.92. The number of hydrogen-bond donors (Lipinski definition) is 2. The fraction of sp³-hybridized carbons (Fsp3) is 0.467. The van der Waals surface area contributed by atoms with E-state index in [1.165, 1.54) is 0 Å². The molecule has 1 heterocycles. The molecule has 1 amide bonds. The van der Waals surface area contributed by atoms with Gasteiger partial charge in [0.1, 0.15) is 0 Å². The highest BCUT2D eigenvalue weighted by atomic mass is 16.4.